The topological polar surface area (TPSA) is 50.9 Å². The Balaban J connectivity index is 2.25. The van der Waals surface area contributed by atoms with E-state index in [0.717, 1.165) is 28.1 Å². The van der Waals surface area contributed by atoms with Crippen LogP contribution in [0.5, 0.6) is 5.75 Å². The zero-order valence-electron chi connectivity index (χ0n) is 10.3. The molecular formula is C14H13N3O. The molecule has 1 aromatic carbocycles. The summed E-state index contributed by atoms with van der Waals surface area (Å²) >= 11 is 0. The van der Waals surface area contributed by atoms with E-state index >= 15 is 0 Å². The van der Waals surface area contributed by atoms with Crippen molar-refractivity contribution in [3.05, 3.63) is 42.1 Å². The first kappa shape index (κ1) is 10.8. The molecule has 0 aliphatic carbocycles. The van der Waals surface area contributed by atoms with Crippen molar-refractivity contribution in [3.8, 4) is 17.1 Å². The summed E-state index contributed by atoms with van der Waals surface area (Å²) in [6, 6.07) is 9.37. The number of imidazole rings is 1. The molecule has 0 saturated carbocycles. The number of aryl methyl sites for hydroxylation is 2. The Morgan fingerprint density at radius 1 is 1.22 bits per heavy atom. The average molecular weight is 239 g/mol. The minimum Gasteiger partial charge on any atom is -0.508 e. The van der Waals surface area contributed by atoms with Crippen LogP contribution in [0.15, 0.2) is 36.5 Å². The highest BCUT2D eigenvalue weighted by Crippen LogP contribution is 2.27. The van der Waals surface area contributed by atoms with Crippen molar-refractivity contribution in [1.29, 1.82) is 0 Å². The van der Waals surface area contributed by atoms with E-state index in [1.165, 1.54) is 0 Å². The van der Waals surface area contributed by atoms with Crippen LogP contribution in [0.3, 0.4) is 0 Å². The highest BCUT2D eigenvalue weighted by molar-refractivity contribution is 5.77. The van der Waals surface area contributed by atoms with E-state index in [0.29, 0.717) is 0 Å². The Hall–Kier alpha value is -2.36. The van der Waals surface area contributed by atoms with Crippen LogP contribution < -0.4 is 0 Å². The minimum absolute atomic E-state index is 0.285. The van der Waals surface area contributed by atoms with Gasteiger partial charge >= 0.3 is 0 Å². The van der Waals surface area contributed by atoms with Gasteiger partial charge in [0.05, 0.1) is 0 Å². The Kier molecular flexibility index (Phi) is 2.30. The van der Waals surface area contributed by atoms with Gasteiger partial charge in [0.25, 0.3) is 0 Å². The fraction of sp³-hybridized carbons (Fsp3) is 0.143. The van der Waals surface area contributed by atoms with Crippen molar-refractivity contribution in [2.75, 3.05) is 0 Å². The summed E-state index contributed by atoms with van der Waals surface area (Å²) in [6.45, 7) is 1.87. The number of hydrogen-bond acceptors (Lipinski definition) is 3. The fourth-order valence-corrected chi connectivity index (χ4v) is 2.03. The van der Waals surface area contributed by atoms with Gasteiger partial charge in [0.15, 0.2) is 5.65 Å². The smallest absolute Gasteiger partial charge is 0.159 e. The van der Waals surface area contributed by atoms with Gasteiger partial charge in [-0.15, -0.1) is 0 Å². The van der Waals surface area contributed by atoms with Gasteiger partial charge in [-0.25, -0.2) is 9.97 Å². The van der Waals surface area contributed by atoms with Gasteiger partial charge in [0.1, 0.15) is 17.1 Å². The lowest BCUT2D eigenvalue weighted by Gasteiger charge is -2.04. The summed E-state index contributed by atoms with van der Waals surface area (Å²) in [5, 5.41) is 9.77. The number of pyridine rings is 1. The molecule has 4 heteroatoms. The Bertz CT molecular complexity index is 731. The molecule has 0 spiro atoms. The number of phenolic OH excluding ortho intramolecular Hbond substituents is 1. The first-order chi connectivity index (χ1) is 8.66. The number of benzene rings is 1. The second kappa shape index (κ2) is 3.84. The van der Waals surface area contributed by atoms with Gasteiger partial charge in [0.2, 0.25) is 0 Å². The molecule has 0 bridgehead atoms. The van der Waals surface area contributed by atoms with Gasteiger partial charge in [-0.3, -0.25) is 0 Å². The third-order valence-corrected chi connectivity index (χ3v) is 3.10. The van der Waals surface area contributed by atoms with E-state index in [-0.39, 0.29) is 5.75 Å². The van der Waals surface area contributed by atoms with Gasteiger partial charge in [-0.05, 0) is 30.7 Å². The maximum atomic E-state index is 9.77. The summed E-state index contributed by atoms with van der Waals surface area (Å²) in [5.41, 5.74) is 3.44. The predicted octanol–water partition coefficient (Wildman–Crippen LogP) is 2.65. The predicted molar refractivity (Wildman–Crippen MR) is 70.3 cm³/mol. The molecule has 2 aromatic heterocycles. The summed E-state index contributed by atoms with van der Waals surface area (Å²) in [6.07, 6.45) is 1.75. The molecule has 0 aliphatic heterocycles. The molecule has 0 unspecified atom stereocenters. The standard InChI is InChI=1S/C14H13N3O/c1-9-5-6-10(8-12(9)18)13-16-11-4-3-7-15-14(11)17(13)2/h3-8,18H,1-2H3. The summed E-state index contributed by atoms with van der Waals surface area (Å²) in [4.78, 5) is 8.85. The first-order valence-electron chi connectivity index (χ1n) is 5.74. The van der Waals surface area contributed by atoms with E-state index in [9.17, 15) is 5.11 Å². The number of fused-ring (bicyclic) bond motifs is 1. The number of hydrogen-bond donors (Lipinski definition) is 1. The molecular weight excluding hydrogens is 226 g/mol. The molecule has 0 atom stereocenters. The van der Waals surface area contributed by atoms with Crippen molar-refractivity contribution in [3.63, 3.8) is 0 Å². The van der Waals surface area contributed by atoms with E-state index in [2.05, 4.69) is 9.97 Å². The molecule has 1 N–H and O–H groups in total. The van der Waals surface area contributed by atoms with Crippen LogP contribution in [0.2, 0.25) is 0 Å². The molecule has 3 aromatic rings. The van der Waals surface area contributed by atoms with E-state index in [1.54, 1.807) is 12.3 Å². The van der Waals surface area contributed by atoms with E-state index in [1.807, 2.05) is 42.8 Å². The van der Waals surface area contributed by atoms with Crippen molar-refractivity contribution in [2.24, 2.45) is 7.05 Å². The highest BCUT2D eigenvalue weighted by atomic mass is 16.3. The quantitative estimate of drug-likeness (QED) is 0.710. The van der Waals surface area contributed by atoms with Crippen LogP contribution in [0.25, 0.3) is 22.6 Å². The number of rotatable bonds is 1. The molecule has 0 amide bonds. The number of phenols is 1. The average Bonchev–Trinajstić information content (AvgIpc) is 2.71. The van der Waals surface area contributed by atoms with Gasteiger partial charge in [-0.2, -0.15) is 0 Å². The second-order valence-electron chi connectivity index (χ2n) is 4.34. The van der Waals surface area contributed by atoms with E-state index < -0.39 is 0 Å². The lowest BCUT2D eigenvalue weighted by molar-refractivity contribution is 0.471. The zero-order chi connectivity index (χ0) is 12.7. The van der Waals surface area contributed by atoms with E-state index in [4.69, 9.17) is 0 Å². The zero-order valence-corrected chi connectivity index (χ0v) is 10.3. The normalized spacial score (nSPS) is 11.0. The van der Waals surface area contributed by atoms with Crippen molar-refractivity contribution in [2.45, 2.75) is 6.92 Å². The van der Waals surface area contributed by atoms with Crippen LogP contribution in [0.4, 0.5) is 0 Å². The summed E-state index contributed by atoms with van der Waals surface area (Å²) in [5.74, 6) is 1.09. The molecule has 3 rings (SSSR count). The van der Waals surface area contributed by atoms with Gasteiger partial charge in [-0.1, -0.05) is 12.1 Å². The molecule has 18 heavy (non-hydrogen) atoms. The highest BCUT2D eigenvalue weighted by Gasteiger charge is 2.11. The summed E-state index contributed by atoms with van der Waals surface area (Å²) in [7, 11) is 1.93. The van der Waals surface area contributed by atoms with Gasteiger partial charge < -0.3 is 9.67 Å². The van der Waals surface area contributed by atoms with Crippen LogP contribution in [-0.4, -0.2) is 19.6 Å². The van der Waals surface area contributed by atoms with Crippen molar-refractivity contribution >= 4 is 11.2 Å². The molecule has 0 saturated heterocycles. The van der Waals surface area contributed by atoms with Crippen LogP contribution in [0.1, 0.15) is 5.56 Å². The largest absolute Gasteiger partial charge is 0.508 e. The Labute approximate surface area is 105 Å². The third-order valence-electron chi connectivity index (χ3n) is 3.10. The Morgan fingerprint density at radius 3 is 2.78 bits per heavy atom. The maximum absolute atomic E-state index is 9.77. The van der Waals surface area contributed by atoms with Crippen molar-refractivity contribution < 1.29 is 5.11 Å². The summed E-state index contributed by atoms with van der Waals surface area (Å²) < 4.78 is 1.93. The molecule has 2 heterocycles. The Morgan fingerprint density at radius 2 is 2.06 bits per heavy atom. The molecule has 0 aliphatic rings. The molecule has 4 nitrogen and oxygen atoms in total. The number of aromatic nitrogens is 3. The minimum atomic E-state index is 0.285. The van der Waals surface area contributed by atoms with Crippen LogP contribution >= 0.6 is 0 Å². The van der Waals surface area contributed by atoms with Gasteiger partial charge in [0, 0.05) is 18.8 Å². The molecule has 90 valence electrons. The monoisotopic (exact) mass is 239 g/mol. The van der Waals surface area contributed by atoms with Crippen LogP contribution in [0, 0.1) is 6.92 Å². The number of aromatic hydroxyl groups is 1. The van der Waals surface area contributed by atoms with Crippen LogP contribution in [-0.2, 0) is 7.05 Å². The third kappa shape index (κ3) is 1.54. The molecule has 0 radical (unpaired) electrons. The second-order valence-corrected chi connectivity index (χ2v) is 4.34. The lowest BCUT2D eigenvalue weighted by atomic mass is 10.1. The van der Waals surface area contributed by atoms with Crippen molar-refractivity contribution in [1.82, 2.24) is 14.5 Å². The maximum Gasteiger partial charge on any atom is 0.159 e. The fourth-order valence-electron chi connectivity index (χ4n) is 2.03. The number of nitrogens with zero attached hydrogens (tertiary/aromatic N) is 3. The lowest BCUT2D eigenvalue weighted by Crippen LogP contribution is -1.93. The first-order valence-corrected chi connectivity index (χ1v) is 5.74. The SMILES string of the molecule is Cc1ccc(-c2nc3cccnc3n2C)cc1O. The molecule has 0 fully saturated rings.